The van der Waals surface area contributed by atoms with Crippen molar-refractivity contribution in [3.8, 4) is 5.75 Å². The Labute approximate surface area is 150 Å². The topological polar surface area (TPSA) is 92.8 Å². The van der Waals surface area contributed by atoms with E-state index < -0.39 is 28.4 Å². The number of hydrogen-bond donors (Lipinski definition) is 1. The molecule has 4 rings (SSSR count). The number of nitrogens with one attached hydrogen (secondary N) is 1. The normalized spacial score (nSPS) is 20.1. The molecule has 1 N–H and O–H groups in total. The van der Waals surface area contributed by atoms with Crippen molar-refractivity contribution in [2.45, 2.75) is 17.4 Å². The van der Waals surface area contributed by atoms with Crippen LogP contribution in [-0.4, -0.2) is 37.7 Å². The van der Waals surface area contributed by atoms with Crippen molar-refractivity contribution in [3.63, 3.8) is 0 Å². The maximum atomic E-state index is 12.5. The summed E-state index contributed by atoms with van der Waals surface area (Å²) in [4.78, 5) is 24.8. The van der Waals surface area contributed by atoms with E-state index in [0.29, 0.717) is 23.1 Å². The predicted molar refractivity (Wildman–Crippen MR) is 92.1 cm³/mol. The van der Waals surface area contributed by atoms with E-state index in [-0.39, 0.29) is 16.5 Å². The van der Waals surface area contributed by atoms with Crippen molar-refractivity contribution in [1.29, 1.82) is 0 Å². The zero-order valence-electron chi connectivity index (χ0n) is 13.7. The molecule has 1 atom stereocenters. The lowest BCUT2D eigenvalue weighted by Crippen LogP contribution is -2.42. The van der Waals surface area contributed by atoms with Crippen LogP contribution in [0.5, 0.6) is 5.75 Å². The molecule has 0 saturated heterocycles. The van der Waals surface area contributed by atoms with E-state index in [9.17, 15) is 18.0 Å². The molecule has 2 aromatic carbocycles. The maximum Gasteiger partial charge on any atom is 0.269 e. The summed E-state index contributed by atoms with van der Waals surface area (Å²) in [5.41, 5.74) is 0.933. The second-order valence-electron chi connectivity index (χ2n) is 6.11. The number of carbonyl (C=O) groups excluding carboxylic acids is 2. The summed E-state index contributed by atoms with van der Waals surface area (Å²) in [5.74, 6) is -0.513. The average molecular weight is 372 g/mol. The van der Waals surface area contributed by atoms with Gasteiger partial charge in [0.2, 0.25) is 5.91 Å². The molecule has 2 aliphatic rings. The van der Waals surface area contributed by atoms with Gasteiger partial charge in [0.25, 0.3) is 15.9 Å². The van der Waals surface area contributed by atoms with E-state index in [1.807, 2.05) is 24.3 Å². The van der Waals surface area contributed by atoms with Gasteiger partial charge in [-0.15, -0.1) is 0 Å². The number of para-hydroxylation sites is 1. The van der Waals surface area contributed by atoms with Gasteiger partial charge in [-0.2, -0.15) is 0 Å². The standard InChI is InChI=1S/C18H16N2O5S/c21-17(19-14-9-10-25-15-7-3-1-5-12(14)15)11-20-18(22)13-6-2-4-8-16(13)26(20,23)24/h1-8,14H,9-11H2,(H,19,21). The second-order valence-corrected chi connectivity index (χ2v) is 7.94. The molecule has 0 fully saturated rings. The quantitative estimate of drug-likeness (QED) is 0.881. The first-order valence-electron chi connectivity index (χ1n) is 8.15. The Hall–Kier alpha value is -2.87. The van der Waals surface area contributed by atoms with Gasteiger partial charge in [-0.25, -0.2) is 12.7 Å². The van der Waals surface area contributed by atoms with Gasteiger partial charge in [-0.05, 0) is 18.2 Å². The summed E-state index contributed by atoms with van der Waals surface area (Å²) in [6.45, 7) is -0.0935. The van der Waals surface area contributed by atoms with Gasteiger partial charge in [-0.1, -0.05) is 30.3 Å². The first-order valence-corrected chi connectivity index (χ1v) is 9.59. The van der Waals surface area contributed by atoms with Crippen molar-refractivity contribution in [1.82, 2.24) is 9.62 Å². The van der Waals surface area contributed by atoms with Crippen LogP contribution < -0.4 is 10.1 Å². The first kappa shape index (κ1) is 16.6. The highest BCUT2D eigenvalue weighted by Crippen LogP contribution is 2.32. The molecular formula is C18H16N2O5S. The van der Waals surface area contributed by atoms with Crippen LogP contribution in [0, 0.1) is 0 Å². The van der Waals surface area contributed by atoms with E-state index in [0.717, 1.165) is 5.56 Å². The van der Waals surface area contributed by atoms with E-state index in [1.165, 1.54) is 12.1 Å². The Kier molecular flexibility index (Phi) is 3.91. The Morgan fingerprint density at radius 3 is 2.69 bits per heavy atom. The molecule has 0 saturated carbocycles. The minimum absolute atomic E-state index is 0.0609. The number of amides is 2. The Morgan fingerprint density at radius 1 is 1.15 bits per heavy atom. The molecule has 0 aliphatic carbocycles. The lowest BCUT2D eigenvalue weighted by atomic mass is 10.0. The van der Waals surface area contributed by atoms with Gasteiger partial charge in [0.15, 0.2) is 0 Å². The van der Waals surface area contributed by atoms with Crippen LogP contribution in [0.3, 0.4) is 0 Å². The third kappa shape index (κ3) is 2.62. The fourth-order valence-corrected chi connectivity index (χ4v) is 4.77. The van der Waals surface area contributed by atoms with Crippen molar-refractivity contribution in [3.05, 3.63) is 59.7 Å². The number of sulfonamides is 1. The van der Waals surface area contributed by atoms with Crippen molar-refractivity contribution < 1.29 is 22.7 Å². The van der Waals surface area contributed by atoms with Gasteiger partial charge in [-0.3, -0.25) is 9.59 Å². The maximum absolute atomic E-state index is 12.5. The highest BCUT2D eigenvalue weighted by Gasteiger charge is 2.42. The third-order valence-corrected chi connectivity index (χ3v) is 6.28. The molecule has 134 valence electrons. The van der Waals surface area contributed by atoms with Crippen LogP contribution in [0.15, 0.2) is 53.4 Å². The molecule has 0 aromatic heterocycles. The number of benzene rings is 2. The first-order chi connectivity index (χ1) is 12.5. The molecule has 26 heavy (non-hydrogen) atoms. The van der Waals surface area contributed by atoms with Crippen LogP contribution in [0.2, 0.25) is 0 Å². The fourth-order valence-electron chi connectivity index (χ4n) is 3.25. The molecule has 7 nitrogen and oxygen atoms in total. The number of hydrogen-bond acceptors (Lipinski definition) is 5. The minimum atomic E-state index is -3.99. The highest BCUT2D eigenvalue weighted by molar-refractivity contribution is 7.90. The fraction of sp³-hybridized carbons (Fsp3) is 0.222. The lowest BCUT2D eigenvalue weighted by molar-refractivity contribution is -0.122. The van der Waals surface area contributed by atoms with Gasteiger partial charge in [0.05, 0.1) is 18.2 Å². The van der Waals surface area contributed by atoms with E-state index in [1.54, 1.807) is 12.1 Å². The van der Waals surface area contributed by atoms with Gasteiger partial charge in [0, 0.05) is 12.0 Å². The largest absolute Gasteiger partial charge is 0.493 e. The summed E-state index contributed by atoms with van der Waals surface area (Å²) < 4.78 is 31.2. The van der Waals surface area contributed by atoms with Crippen molar-refractivity contribution >= 4 is 21.8 Å². The molecule has 1 unspecified atom stereocenters. The molecule has 8 heteroatoms. The van der Waals surface area contributed by atoms with E-state index in [2.05, 4.69) is 5.32 Å². The van der Waals surface area contributed by atoms with Crippen LogP contribution >= 0.6 is 0 Å². The number of nitrogens with zero attached hydrogens (tertiary/aromatic N) is 1. The van der Waals surface area contributed by atoms with Gasteiger partial charge < -0.3 is 10.1 Å². The predicted octanol–water partition coefficient (Wildman–Crippen LogP) is 1.47. The number of rotatable bonds is 3. The van der Waals surface area contributed by atoms with Crippen molar-refractivity contribution in [2.24, 2.45) is 0 Å². The van der Waals surface area contributed by atoms with Crippen molar-refractivity contribution in [2.75, 3.05) is 13.2 Å². The SMILES string of the molecule is O=C(CN1C(=O)c2ccccc2S1(=O)=O)NC1CCOc2ccccc21. The number of carbonyl (C=O) groups is 2. The zero-order valence-corrected chi connectivity index (χ0v) is 14.5. The third-order valence-electron chi connectivity index (χ3n) is 4.49. The molecule has 2 aromatic rings. The lowest BCUT2D eigenvalue weighted by Gasteiger charge is -2.27. The number of fused-ring (bicyclic) bond motifs is 2. The average Bonchev–Trinajstić information content (AvgIpc) is 2.83. The highest BCUT2D eigenvalue weighted by atomic mass is 32.2. The summed E-state index contributed by atoms with van der Waals surface area (Å²) in [7, 11) is -3.99. The summed E-state index contributed by atoms with van der Waals surface area (Å²) in [6, 6.07) is 13.0. The van der Waals surface area contributed by atoms with E-state index >= 15 is 0 Å². The van der Waals surface area contributed by atoms with Crippen LogP contribution in [0.4, 0.5) is 0 Å². The number of ether oxygens (including phenoxy) is 1. The summed E-state index contributed by atoms with van der Waals surface area (Å²) in [6.07, 6.45) is 0.573. The van der Waals surface area contributed by atoms with Crippen LogP contribution in [0.1, 0.15) is 28.4 Å². The van der Waals surface area contributed by atoms with Crippen LogP contribution in [0.25, 0.3) is 0 Å². The summed E-state index contributed by atoms with van der Waals surface area (Å²) in [5, 5.41) is 2.81. The monoisotopic (exact) mass is 372 g/mol. The Balaban J connectivity index is 1.53. The van der Waals surface area contributed by atoms with Gasteiger partial charge >= 0.3 is 0 Å². The minimum Gasteiger partial charge on any atom is -0.493 e. The molecule has 2 aliphatic heterocycles. The van der Waals surface area contributed by atoms with E-state index in [4.69, 9.17) is 4.74 Å². The van der Waals surface area contributed by atoms with Gasteiger partial charge in [0.1, 0.15) is 17.2 Å². The second kappa shape index (κ2) is 6.14. The van der Waals surface area contributed by atoms with Crippen LogP contribution in [-0.2, 0) is 14.8 Å². The molecular weight excluding hydrogens is 356 g/mol. The smallest absolute Gasteiger partial charge is 0.269 e. The molecule has 2 amide bonds. The Morgan fingerprint density at radius 2 is 1.88 bits per heavy atom. The molecule has 2 heterocycles. The molecule has 0 bridgehead atoms. The zero-order chi connectivity index (χ0) is 18.3. The molecule has 0 spiro atoms. The Bertz CT molecular complexity index is 1000. The summed E-state index contributed by atoms with van der Waals surface area (Å²) >= 11 is 0. The molecule has 0 radical (unpaired) electrons.